The number of aliphatic hydroxyl groups excluding tert-OH is 3. The molecule has 0 saturated heterocycles. The second-order valence-electron chi connectivity index (χ2n) is 5.02. The molecule has 0 radical (unpaired) electrons. The van der Waals surface area contributed by atoms with Crippen molar-refractivity contribution in [3.05, 3.63) is 11.8 Å². The minimum Gasteiger partial charge on any atom is -0.479 e. The summed E-state index contributed by atoms with van der Waals surface area (Å²) in [5.41, 5.74) is -0.108. The molecule has 1 heterocycles. The number of rotatable bonds is 6. The van der Waals surface area contributed by atoms with Crippen molar-refractivity contribution >= 4 is 16.0 Å². The fourth-order valence-electron chi connectivity index (χ4n) is 1.97. The second-order valence-corrected chi connectivity index (χ2v) is 6.72. The SMILES string of the molecule is COC(=O)C1=C[C@H](N)[C@@H](NS(=O)(=O)C(F)(F)F)[C@H]([C@H](O)[C@H](O)CO)O1. The molecule has 1 aliphatic rings. The van der Waals surface area contributed by atoms with Gasteiger partial charge in [-0.25, -0.2) is 13.2 Å². The number of ether oxygens (including phenoxy) is 2. The van der Waals surface area contributed by atoms with Gasteiger partial charge in [-0.2, -0.15) is 17.9 Å². The molecule has 0 aliphatic carbocycles. The highest BCUT2D eigenvalue weighted by Gasteiger charge is 2.51. The summed E-state index contributed by atoms with van der Waals surface area (Å²) in [5.74, 6) is -1.70. The number of nitrogens with two attached hydrogens (primary N) is 1. The van der Waals surface area contributed by atoms with Crippen molar-refractivity contribution in [2.24, 2.45) is 5.73 Å². The summed E-state index contributed by atoms with van der Waals surface area (Å²) in [6.45, 7) is -1.02. The van der Waals surface area contributed by atoms with Gasteiger partial charge in [0.25, 0.3) is 0 Å². The molecule has 14 heteroatoms. The number of halogens is 3. The topological polar surface area (TPSA) is 168 Å². The third-order valence-corrected chi connectivity index (χ3v) is 4.47. The molecule has 0 aromatic heterocycles. The maximum absolute atomic E-state index is 12.6. The van der Waals surface area contributed by atoms with Crippen molar-refractivity contribution < 1.29 is 51.2 Å². The molecule has 1 rings (SSSR count). The molecule has 0 bridgehead atoms. The summed E-state index contributed by atoms with van der Waals surface area (Å²) in [7, 11) is -4.92. The Labute approximate surface area is 140 Å². The predicted molar refractivity (Wildman–Crippen MR) is 73.9 cm³/mol. The van der Waals surface area contributed by atoms with Gasteiger partial charge in [0.1, 0.15) is 18.3 Å². The highest BCUT2D eigenvalue weighted by atomic mass is 32.2. The number of carbonyl (C=O) groups is 1. The van der Waals surface area contributed by atoms with Crippen molar-refractivity contribution in [1.82, 2.24) is 4.72 Å². The van der Waals surface area contributed by atoms with Crippen LogP contribution >= 0.6 is 0 Å². The third kappa shape index (κ3) is 4.80. The van der Waals surface area contributed by atoms with E-state index in [2.05, 4.69) is 4.74 Å². The Bertz CT molecular complexity index is 623. The molecule has 0 amide bonds. The number of aliphatic hydroxyl groups is 3. The van der Waals surface area contributed by atoms with Crippen LogP contribution in [0, 0.1) is 0 Å². The minimum atomic E-state index is -5.88. The summed E-state index contributed by atoms with van der Waals surface area (Å²) in [6.07, 6.45) is -5.12. The van der Waals surface area contributed by atoms with Crippen molar-refractivity contribution in [2.45, 2.75) is 35.9 Å². The van der Waals surface area contributed by atoms with E-state index in [0.29, 0.717) is 0 Å². The minimum absolute atomic E-state index is 0.605. The number of nitrogens with one attached hydrogen (secondary N) is 1. The van der Waals surface area contributed by atoms with Crippen molar-refractivity contribution in [3.8, 4) is 0 Å². The molecule has 5 atom stereocenters. The van der Waals surface area contributed by atoms with Crippen LogP contribution in [-0.4, -0.2) is 79.3 Å². The van der Waals surface area contributed by atoms with Gasteiger partial charge in [0, 0.05) is 6.04 Å². The van der Waals surface area contributed by atoms with Gasteiger partial charge in [-0.3, -0.25) is 0 Å². The summed E-state index contributed by atoms with van der Waals surface area (Å²) >= 11 is 0. The van der Waals surface area contributed by atoms with Crippen LogP contribution in [0.5, 0.6) is 0 Å². The molecule has 146 valence electrons. The van der Waals surface area contributed by atoms with E-state index in [9.17, 15) is 36.6 Å². The molecule has 0 aromatic carbocycles. The number of hydrogen-bond donors (Lipinski definition) is 5. The highest BCUT2D eigenvalue weighted by molar-refractivity contribution is 7.90. The smallest absolute Gasteiger partial charge is 0.479 e. The molecule has 0 fully saturated rings. The first-order chi connectivity index (χ1) is 11.4. The second kappa shape index (κ2) is 7.84. The molecule has 0 spiro atoms. The highest BCUT2D eigenvalue weighted by Crippen LogP contribution is 2.27. The van der Waals surface area contributed by atoms with Crippen molar-refractivity contribution in [2.75, 3.05) is 13.7 Å². The standard InChI is InChI=1S/C11H17F3N2O8S/c1-23-10(20)6-2-4(15)7(16-25(21,22)11(12,13)14)9(24-6)8(19)5(18)3-17/h2,4-5,7-9,16-19H,3,15H2,1H3/t4-,5+,7+,8+,9+/m0/s1. The number of sulfonamides is 1. The molecule has 25 heavy (non-hydrogen) atoms. The lowest BCUT2D eigenvalue weighted by Crippen LogP contribution is -2.63. The largest absolute Gasteiger partial charge is 0.511 e. The van der Waals surface area contributed by atoms with E-state index in [-0.39, 0.29) is 0 Å². The number of carbonyl (C=O) groups excluding carboxylic acids is 1. The van der Waals surface area contributed by atoms with Gasteiger partial charge in [-0.15, -0.1) is 0 Å². The van der Waals surface area contributed by atoms with Gasteiger partial charge in [0.05, 0.1) is 19.8 Å². The zero-order valence-electron chi connectivity index (χ0n) is 12.7. The van der Waals surface area contributed by atoms with Gasteiger partial charge >= 0.3 is 21.5 Å². The summed E-state index contributed by atoms with van der Waals surface area (Å²) in [6, 6.07) is -3.46. The van der Waals surface area contributed by atoms with Crippen LogP contribution in [0.15, 0.2) is 11.8 Å². The van der Waals surface area contributed by atoms with E-state index in [1.54, 1.807) is 0 Å². The lowest BCUT2D eigenvalue weighted by Gasteiger charge is -2.38. The van der Waals surface area contributed by atoms with E-state index < -0.39 is 64.3 Å². The molecular formula is C11H17F3N2O8S. The first-order valence-electron chi connectivity index (χ1n) is 6.63. The van der Waals surface area contributed by atoms with E-state index in [0.717, 1.165) is 13.2 Å². The molecular weight excluding hydrogens is 377 g/mol. The molecule has 0 saturated carbocycles. The Hall–Kier alpha value is -1.45. The quantitative estimate of drug-likeness (QED) is 0.301. The van der Waals surface area contributed by atoms with Crippen molar-refractivity contribution in [3.63, 3.8) is 0 Å². The molecule has 6 N–H and O–H groups in total. The van der Waals surface area contributed by atoms with Crippen LogP contribution in [0.2, 0.25) is 0 Å². The Kier molecular flexibility index (Phi) is 6.77. The van der Waals surface area contributed by atoms with Crippen LogP contribution in [0.3, 0.4) is 0 Å². The van der Waals surface area contributed by atoms with Crippen molar-refractivity contribution in [1.29, 1.82) is 0 Å². The zero-order valence-corrected chi connectivity index (χ0v) is 13.5. The third-order valence-electron chi connectivity index (χ3n) is 3.28. The summed E-state index contributed by atoms with van der Waals surface area (Å²) in [5, 5.41) is 28.2. The van der Waals surface area contributed by atoms with Crippen LogP contribution in [-0.2, 0) is 24.3 Å². The van der Waals surface area contributed by atoms with Gasteiger partial charge in [0.2, 0.25) is 5.76 Å². The van der Waals surface area contributed by atoms with Crippen LogP contribution < -0.4 is 10.5 Å². The maximum Gasteiger partial charge on any atom is 0.511 e. The molecule has 0 aromatic rings. The predicted octanol–water partition coefficient (Wildman–Crippen LogP) is -2.71. The molecule has 1 aliphatic heterocycles. The summed E-state index contributed by atoms with van der Waals surface area (Å²) in [4.78, 5) is 11.5. The Morgan fingerprint density at radius 2 is 2.04 bits per heavy atom. The first-order valence-corrected chi connectivity index (χ1v) is 8.12. The zero-order chi connectivity index (χ0) is 19.6. The Morgan fingerprint density at radius 3 is 2.48 bits per heavy atom. The monoisotopic (exact) mass is 394 g/mol. The number of alkyl halides is 3. The lowest BCUT2D eigenvalue weighted by molar-refractivity contribution is -0.148. The normalized spacial score (nSPS) is 27.0. The van der Waals surface area contributed by atoms with Crippen LogP contribution in [0.1, 0.15) is 0 Å². The van der Waals surface area contributed by atoms with Gasteiger partial charge < -0.3 is 30.5 Å². The fourth-order valence-corrected chi connectivity index (χ4v) is 2.76. The summed E-state index contributed by atoms with van der Waals surface area (Å²) < 4.78 is 70.8. The fraction of sp³-hybridized carbons (Fsp3) is 0.727. The van der Waals surface area contributed by atoms with E-state index in [1.807, 2.05) is 0 Å². The Balaban J connectivity index is 3.25. The van der Waals surface area contributed by atoms with E-state index in [1.165, 1.54) is 4.72 Å². The van der Waals surface area contributed by atoms with Crippen LogP contribution in [0.25, 0.3) is 0 Å². The van der Waals surface area contributed by atoms with Crippen LogP contribution in [0.4, 0.5) is 13.2 Å². The molecule has 0 unspecified atom stereocenters. The van der Waals surface area contributed by atoms with Gasteiger partial charge in [-0.1, -0.05) is 0 Å². The molecule has 10 nitrogen and oxygen atoms in total. The number of hydrogen-bond acceptors (Lipinski definition) is 9. The van der Waals surface area contributed by atoms with Gasteiger partial charge in [-0.05, 0) is 6.08 Å². The average molecular weight is 394 g/mol. The number of esters is 1. The average Bonchev–Trinajstić information content (AvgIpc) is 2.52. The number of methoxy groups -OCH3 is 1. The Morgan fingerprint density at radius 1 is 1.48 bits per heavy atom. The lowest BCUT2D eigenvalue weighted by atomic mass is 9.93. The van der Waals surface area contributed by atoms with Gasteiger partial charge in [0.15, 0.2) is 0 Å². The van der Waals surface area contributed by atoms with E-state index >= 15 is 0 Å². The maximum atomic E-state index is 12.6. The van der Waals surface area contributed by atoms with E-state index in [4.69, 9.17) is 15.6 Å². The first kappa shape index (κ1) is 21.6.